The molecule has 2 aliphatic heterocycles. The van der Waals surface area contributed by atoms with Crippen molar-refractivity contribution in [1.29, 1.82) is 0 Å². The van der Waals surface area contributed by atoms with Gasteiger partial charge in [0.05, 0.1) is 26.2 Å². The summed E-state index contributed by atoms with van der Waals surface area (Å²) in [5.41, 5.74) is 1.01. The number of amides is 2. The Morgan fingerprint density at radius 3 is 2.70 bits per heavy atom. The van der Waals surface area contributed by atoms with Crippen LogP contribution in [-0.4, -0.2) is 55.5 Å². The number of hydrogen-bond acceptors (Lipinski definition) is 4. The highest BCUT2D eigenvalue weighted by atomic mass is 16.5. The number of methoxy groups -OCH3 is 2. The molecular formula is C21H30N2O4. The molecule has 0 radical (unpaired) electrons. The van der Waals surface area contributed by atoms with Gasteiger partial charge in [-0.25, -0.2) is 0 Å². The highest BCUT2D eigenvalue weighted by Gasteiger charge is 2.40. The van der Waals surface area contributed by atoms with E-state index in [1.165, 1.54) is 0 Å². The first-order valence-corrected chi connectivity index (χ1v) is 9.74. The normalized spacial score (nSPS) is 22.6. The fourth-order valence-corrected chi connectivity index (χ4v) is 4.24. The lowest BCUT2D eigenvalue weighted by Gasteiger charge is -2.29. The van der Waals surface area contributed by atoms with Crippen LogP contribution in [0.3, 0.4) is 0 Å². The van der Waals surface area contributed by atoms with E-state index >= 15 is 0 Å². The Morgan fingerprint density at radius 1 is 1.26 bits per heavy atom. The molecule has 1 aromatic rings. The first-order chi connectivity index (χ1) is 12.9. The van der Waals surface area contributed by atoms with Gasteiger partial charge in [0, 0.05) is 37.7 Å². The molecule has 2 amide bonds. The minimum absolute atomic E-state index is 0.00685. The Bertz CT molecular complexity index is 703. The molecule has 148 valence electrons. The van der Waals surface area contributed by atoms with Crippen molar-refractivity contribution in [3.63, 3.8) is 0 Å². The molecule has 2 atom stereocenters. The van der Waals surface area contributed by atoms with Crippen LogP contribution in [0.2, 0.25) is 0 Å². The standard InChI is InChI=1S/C21H30N2O4/c1-14(2)12-22-13-15(10-20(22)24)21(25)23-9-5-6-18(23)17-8-7-16(26-3)11-19(17)27-4/h7-8,11,14-15,18H,5-6,9-10,12-13H2,1-4H3/t15-,18+/m0/s1. The molecule has 0 unspecified atom stereocenters. The Kier molecular flexibility index (Phi) is 5.92. The maximum absolute atomic E-state index is 13.2. The zero-order valence-electron chi connectivity index (χ0n) is 16.7. The van der Waals surface area contributed by atoms with Gasteiger partial charge in [-0.1, -0.05) is 13.8 Å². The number of hydrogen-bond donors (Lipinski definition) is 0. The molecule has 6 heteroatoms. The summed E-state index contributed by atoms with van der Waals surface area (Å²) < 4.78 is 10.8. The number of rotatable bonds is 6. The second kappa shape index (κ2) is 8.19. The van der Waals surface area contributed by atoms with Gasteiger partial charge in [-0.05, 0) is 30.9 Å². The third-order valence-electron chi connectivity index (χ3n) is 5.48. The molecule has 2 aliphatic rings. The summed E-state index contributed by atoms with van der Waals surface area (Å²) in [5, 5.41) is 0. The largest absolute Gasteiger partial charge is 0.497 e. The first-order valence-electron chi connectivity index (χ1n) is 9.74. The van der Waals surface area contributed by atoms with Crippen LogP contribution in [0.15, 0.2) is 18.2 Å². The van der Waals surface area contributed by atoms with Crippen molar-refractivity contribution in [1.82, 2.24) is 9.80 Å². The smallest absolute Gasteiger partial charge is 0.228 e. The SMILES string of the molecule is COc1ccc([C@H]2CCCN2C(=O)[C@H]2CC(=O)N(CC(C)C)C2)c(OC)c1. The highest BCUT2D eigenvalue weighted by molar-refractivity contribution is 5.89. The molecule has 0 N–H and O–H groups in total. The molecule has 3 rings (SSSR count). The highest BCUT2D eigenvalue weighted by Crippen LogP contribution is 2.40. The van der Waals surface area contributed by atoms with E-state index in [1.807, 2.05) is 28.0 Å². The second-order valence-electron chi connectivity index (χ2n) is 7.89. The molecule has 27 heavy (non-hydrogen) atoms. The van der Waals surface area contributed by atoms with E-state index < -0.39 is 0 Å². The van der Waals surface area contributed by atoms with Crippen molar-refractivity contribution in [3.8, 4) is 11.5 Å². The zero-order chi connectivity index (χ0) is 19.6. The van der Waals surface area contributed by atoms with Crippen molar-refractivity contribution < 1.29 is 19.1 Å². The average Bonchev–Trinajstić information content (AvgIpc) is 3.27. The fourth-order valence-electron chi connectivity index (χ4n) is 4.24. The van der Waals surface area contributed by atoms with Gasteiger partial charge >= 0.3 is 0 Å². The summed E-state index contributed by atoms with van der Waals surface area (Å²) >= 11 is 0. The molecule has 2 saturated heterocycles. The molecule has 0 bridgehead atoms. The van der Waals surface area contributed by atoms with Crippen molar-refractivity contribution in [2.75, 3.05) is 33.9 Å². The summed E-state index contributed by atoms with van der Waals surface area (Å²) in [6.45, 7) is 6.18. The van der Waals surface area contributed by atoms with E-state index in [2.05, 4.69) is 13.8 Å². The number of carbonyl (C=O) groups excluding carboxylic acids is 2. The molecule has 0 spiro atoms. The minimum atomic E-state index is -0.235. The maximum atomic E-state index is 13.2. The van der Waals surface area contributed by atoms with Crippen molar-refractivity contribution in [2.24, 2.45) is 11.8 Å². The topological polar surface area (TPSA) is 59.1 Å². The third-order valence-corrected chi connectivity index (χ3v) is 5.48. The number of likely N-dealkylation sites (tertiary alicyclic amines) is 2. The zero-order valence-corrected chi connectivity index (χ0v) is 16.7. The summed E-state index contributed by atoms with van der Waals surface area (Å²) in [6, 6.07) is 5.74. The fraction of sp³-hybridized carbons (Fsp3) is 0.619. The summed E-state index contributed by atoms with van der Waals surface area (Å²) in [4.78, 5) is 29.3. The second-order valence-corrected chi connectivity index (χ2v) is 7.89. The van der Waals surface area contributed by atoms with E-state index in [4.69, 9.17) is 9.47 Å². The summed E-state index contributed by atoms with van der Waals surface area (Å²) in [5.74, 6) is 1.84. The lowest BCUT2D eigenvalue weighted by atomic mass is 10.0. The van der Waals surface area contributed by atoms with Crippen LogP contribution in [0.5, 0.6) is 11.5 Å². The van der Waals surface area contributed by atoms with Crippen molar-refractivity contribution in [3.05, 3.63) is 23.8 Å². The van der Waals surface area contributed by atoms with Crippen LogP contribution in [0, 0.1) is 11.8 Å². The van der Waals surface area contributed by atoms with Crippen LogP contribution in [-0.2, 0) is 9.59 Å². The first kappa shape index (κ1) is 19.5. The lowest BCUT2D eigenvalue weighted by molar-refractivity contribution is -0.136. The molecule has 2 fully saturated rings. The van der Waals surface area contributed by atoms with E-state index in [-0.39, 0.29) is 23.8 Å². The molecule has 2 heterocycles. The molecule has 0 aromatic heterocycles. The molecule has 0 saturated carbocycles. The number of nitrogens with zero attached hydrogens (tertiary/aromatic N) is 2. The summed E-state index contributed by atoms with van der Waals surface area (Å²) in [6.07, 6.45) is 2.20. The predicted octanol–water partition coefficient (Wildman–Crippen LogP) is 2.87. The Balaban J connectivity index is 1.77. The monoisotopic (exact) mass is 374 g/mol. The van der Waals surface area contributed by atoms with Gasteiger partial charge in [-0.3, -0.25) is 9.59 Å². The quantitative estimate of drug-likeness (QED) is 0.768. The Morgan fingerprint density at radius 2 is 2.04 bits per heavy atom. The van der Waals surface area contributed by atoms with Gasteiger partial charge in [0.2, 0.25) is 11.8 Å². The van der Waals surface area contributed by atoms with Crippen LogP contribution >= 0.6 is 0 Å². The van der Waals surface area contributed by atoms with Crippen LogP contribution < -0.4 is 9.47 Å². The van der Waals surface area contributed by atoms with E-state index in [0.29, 0.717) is 18.9 Å². The van der Waals surface area contributed by atoms with Gasteiger partial charge in [-0.15, -0.1) is 0 Å². The van der Waals surface area contributed by atoms with Crippen LogP contribution in [0.25, 0.3) is 0 Å². The number of carbonyl (C=O) groups is 2. The number of ether oxygens (including phenoxy) is 2. The van der Waals surface area contributed by atoms with Crippen molar-refractivity contribution >= 4 is 11.8 Å². The van der Waals surface area contributed by atoms with E-state index in [9.17, 15) is 9.59 Å². The third kappa shape index (κ3) is 4.04. The van der Waals surface area contributed by atoms with Gasteiger partial charge in [0.1, 0.15) is 11.5 Å². The molecular weight excluding hydrogens is 344 g/mol. The summed E-state index contributed by atoms with van der Waals surface area (Å²) in [7, 11) is 3.26. The molecule has 0 aliphatic carbocycles. The molecule has 1 aromatic carbocycles. The van der Waals surface area contributed by atoms with Crippen LogP contribution in [0.4, 0.5) is 0 Å². The average molecular weight is 374 g/mol. The van der Waals surface area contributed by atoms with Gasteiger partial charge in [0.25, 0.3) is 0 Å². The van der Waals surface area contributed by atoms with Crippen LogP contribution in [0.1, 0.15) is 44.7 Å². The maximum Gasteiger partial charge on any atom is 0.228 e. The van der Waals surface area contributed by atoms with Gasteiger partial charge < -0.3 is 19.3 Å². The van der Waals surface area contributed by atoms with E-state index in [0.717, 1.165) is 43.0 Å². The van der Waals surface area contributed by atoms with Gasteiger partial charge in [0.15, 0.2) is 0 Å². The van der Waals surface area contributed by atoms with Gasteiger partial charge in [-0.2, -0.15) is 0 Å². The lowest BCUT2D eigenvalue weighted by Crippen LogP contribution is -2.37. The molecule has 6 nitrogen and oxygen atoms in total. The van der Waals surface area contributed by atoms with E-state index in [1.54, 1.807) is 14.2 Å². The minimum Gasteiger partial charge on any atom is -0.497 e. The number of benzene rings is 1. The Labute approximate surface area is 161 Å². The van der Waals surface area contributed by atoms with Crippen molar-refractivity contribution in [2.45, 2.75) is 39.2 Å². The predicted molar refractivity (Wildman–Crippen MR) is 103 cm³/mol. The Hall–Kier alpha value is -2.24.